The van der Waals surface area contributed by atoms with Gasteiger partial charge in [0, 0.05) is 12.1 Å². The van der Waals surface area contributed by atoms with E-state index in [-0.39, 0.29) is 11.7 Å². The number of carbonyl (C=O) groups is 1. The Hall–Kier alpha value is -2.64. The number of hydroxylamine groups is 1. The molecule has 0 bridgehead atoms. The molecule has 0 aliphatic heterocycles. The molecule has 1 aromatic heterocycles. The molecule has 27 heavy (non-hydrogen) atoms. The molecule has 0 unspecified atom stereocenters. The molecule has 0 saturated carbocycles. The van der Waals surface area contributed by atoms with Crippen LogP contribution in [0.5, 0.6) is 0 Å². The number of aryl methyl sites for hydroxylation is 1. The van der Waals surface area contributed by atoms with Gasteiger partial charge in [-0.2, -0.15) is 0 Å². The van der Waals surface area contributed by atoms with Crippen molar-refractivity contribution in [3.8, 4) is 11.4 Å². The zero-order valence-corrected chi connectivity index (χ0v) is 16.2. The van der Waals surface area contributed by atoms with Crippen LogP contribution in [0, 0.1) is 6.92 Å². The molecule has 7 heteroatoms. The van der Waals surface area contributed by atoms with Crippen LogP contribution in [0.25, 0.3) is 11.4 Å². The van der Waals surface area contributed by atoms with E-state index in [0.717, 1.165) is 23.5 Å². The molecule has 0 atom stereocenters. The molecule has 3 aromatic rings. The van der Waals surface area contributed by atoms with Gasteiger partial charge in [0.25, 0.3) is 5.91 Å². The lowest BCUT2D eigenvalue weighted by Gasteiger charge is -2.08. The lowest BCUT2D eigenvalue weighted by Crippen LogP contribution is -2.25. The van der Waals surface area contributed by atoms with Crippen LogP contribution in [0.3, 0.4) is 0 Å². The van der Waals surface area contributed by atoms with Crippen LogP contribution in [-0.2, 0) is 22.8 Å². The van der Waals surface area contributed by atoms with Gasteiger partial charge in [-0.1, -0.05) is 65.9 Å². The second-order valence-electron chi connectivity index (χ2n) is 6.01. The number of thioether (sulfide) groups is 1. The monoisotopic (exact) mass is 382 g/mol. The summed E-state index contributed by atoms with van der Waals surface area (Å²) in [6.07, 6.45) is 0. The Bertz CT molecular complexity index is 896. The van der Waals surface area contributed by atoms with Crippen molar-refractivity contribution in [2.75, 3.05) is 5.75 Å². The lowest BCUT2D eigenvalue weighted by atomic mass is 10.1. The van der Waals surface area contributed by atoms with Crippen LogP contribution < -0.4 is 5.48 Å². The Morgan fingerprint density at radius 1 is 1.15 bits per heavy atom. The summed E-state index contributed by atoms with van der Waals surface area (Å²) in [7, 11) is 0. The van der Waals surface area contributed by atoms with Crippen LogP contribution in [0.4, 0.5) is 0 Å². The van der Waals surface area contributed by atoms with Gasteiger partial charge in [0.2, 0.25) is 0 Å². The second kappa shape index (κ2) is 9.34. The first-order valence-corrected chi connectivity index (χ1v) is 9.73. The number of carbonyl (C=O) groups excluding carboxylic acids is 1. The molecule has 2 aromatic carbocycles. The molecular formula is C20H22N4O2S. The predicted octanol–water partition coefficient (Wildman–Crippen LogP) is 3.61. The minimum Gasteiger partial charge on any atom is -0.302 e. The Morgan fingerprint density at radius 3 is 2.70 bits per heavy atom. The summed E-state index contributed by atoms with van der Waals surface area (Å²) in [5.41, 5.74) is 5.66. The van der Waals surface area contributed by atoms with E-state index in [1.807, 2.05) is 66.9 Å². The van der Waals surface area contributed by atoms with Crippen molar-refractivity contribution in [2.24, 2.45) is 0 Å². The maximum Gasteiger partial charge on any atom is 0.254 e. The highest BCUT2D eigenvalue weighted by atomic mass is 32.2. The first-order chi connectivity index (χ1) is 13.2. The minimum atomic E-state index is -0.210. The van der Waals surface area contributed by atoms with Crippen LogP contribution in [-0.4, -0.2) is 26.4 Å². The van der Waals surface area contributed by atoms with Gasteiger partial charge in [-0.05, 0) is 25.5 Å². The Labute approximate surface area is 162 Å². The van der Waals surface area contributed by atoms with Gasteiger partial charge >= 0.3 is 0 Å². The van der Waals surface area contributed by atoms with Crippen molar-refractivity contribution in [1.29, 1.82) is 0 Å². The number of benzene rings is 2. The third kappa shape index (κ3) is 5.18. The van der Waals surface area contributed by atoms with Gasteiger partial charge in [-0.3, -0.25) is 9.63 Å². The van der Waals surface area contributed by atoms with Crippen molar-refractivity contribution < 1.29 is 9.63 Å². The molecule has 0 spiro atoms. The van der Waals surface area contributed by atoms with Crippen molar-refractivity contribution in [3.05, 3.63) is 65.7 Å². The normalized spacial score (nSPS) is 10.7. The fraction of sp³-hybridized carbons (Fsp3) is 0.250. The Kier molecular flexibility index (Phi) is 6.62. The van der Waals surface area contributed by atoms with Crippen molar-refractivity contribution >= 4 is 17.7 Å². The second-order valence-corrected chi connectivity index (χ2v) is 6.95. The average Bonchev–Trinajstić information content (AvgIpc) is 3.10. The van der Waals surface area contributed by atoms with E-state index in [1.54, 1.807) is 0 Å². The lowest BCUT2D eigenvalue weighted by molar-refractivity contribution is -0.131. The summed E-state index contributed by atoms with van der Waals surface area (Å²) >= 11 is 1.34. The molecule has 0 fully saturated rings. The highest BCUT2D eigenvalue weighted by Crippen LogP contribution is 2.24. The van der Waals surface area contributed by atoms with E-state index in [9.17, 15) is 4.79 Å². The summed E-state index contributed by atoms with van der Waals surface area (Å²) in [6.45, 7) is 5.14. The van der Waals surface area contributed by atoms with Gasteiger partial charge in [0.1, 0.15) is 0 Å². The van der Waals surface area contributed by atoms with Gasteiger partial charge in [0.05, 0.1) is 12.4 Å². The molecule has 140 valence electrons. The SMILES string of the molecule is CCn1c(SCC(=O)NOCc2ccccc2)nnc1-c1cccc(C)c1. The fourth-order valence-corrected chi connectivity index (χ4v) is 3.40. The molecule has 3 rings (SSSR count). The molecule has 1 heterocycles. The summed E-state index contributed by atoms with van der Waals surface area (Å²) < 4.78 is 2.01. The first kappa shape index (κ1) is 19.1. The van der Waals surface area contributed by atoms with Crippen molar-refractivity contribution in [1.82, 2.24) is 20.2 Å². The highest BCUT2D eigenvalue weighted by Gasteiger charge is 2.14. The van der Waals surface area contributed by atoms with E-state index in [0.29, 0.717) is 11.8 Å². The van der Waals surface area contributed by atoms with Gasteiger partial charge < -0.3 is 4.57 Å². The quantitative estimate of drug-likeness (QED) is 0.476. The minimum absolute atomic E-state index is 0.209. The van der Waals surface area contributed by atoms with Crippen LogP contribution in [0.15, 0.2) is 59.8 Å². The number of nitrogens with zero attached hydrogens (tertiary/aromatic N) is 3. The fourth-order valence-electron chi connectivity index (χ4n) is 2.61. The molecule has 0 radical (unpaired) electrons. The molecule has 6 nitrogen and oxygen atoms in total. The third-order valence-corrected chi connectivity index (χ3v) is 4.88. The maximum atomic E-state index is 12.0. The summed E-state index contributed by atoms with van der Waals surface area (Å²) in [5, 5.41) is 9.27. The van der Waals surface area contributed by atoms with Crippen LogP contribution in [0.1, 0.15) is 18.1 Å². The van der Waals surface area contributed by atoms with Gasteiger partial charge in [0.15, 0.2) is 11.0 Å². The van der Waals surface area contributed by atoms with Gasteiger partial charge in [-0.15, -0.1) is 10.2 Å². The van der Waals surface area contributed by atoms with Crippen molar-refractivity contribution in [2.45, 2.75) is 32.2 Å². The molecule has 1 amide bonds. The number of nitrogens with one attached hydrogen (secondary N) is 1. The largest absolute Gasteiger partial charge is 0.302 e. The average molecular weight is 382 g/mol. The highest BCUT2D eigenvalue weighted by molar-refractivity contribution is 7.99. The zero-order valence-electron chi connectivity index (χ0n) is 15.4. The molecule has 1 N–H and O–H groups in total. The standard InChI is InChI=1S/C20H22N4O2S/c1-3-24-19(17-11-7-8-15(2)12-17)21-22-20(24)27-14-18(25)23-26-13-16-9-5-4-6-10-16/h4-12H,3,13-14H2,1-2H3,(H,23,25). The van der Waals surface area contributed by atoms with E-state index in [1.165, 1.54) is 17.3 Å². The van der Waals surface area contributed by atoms with Crippen LogP contribution in [0.2, 0.25) is 0 Å². The number of rotatable bonds is 8. The smallest absolute Gasteiger partial charge is 0.254 e. The van der Waals surface area contributed by atoms with Gasteiger partial charge in [-0.25, -0.2) is 5.48 Å². The number of amides is 1. The zero-order chi connectivity index (χ0) is 19.1. The molecule has 0 saturated heterocycles. The number of aromatic nitrogens is 3. The van der Waals surface area contributed by atoms with E-state index >= 15 is 0 Å². The predicted molar refractivity (Wildman–Crippen MR) is 106 cm³/mol. The molecule has 0 aliphatic carbocycles. The Balaban J connectivity index is 1.55. The number of hydrogen-bond donors (Lipinski definition) is 1. The topological polar surface area (TPSA) is 69.0 Å². The Morgan fingerprint density at radius 2 is 1.96 bits per heavy atom. The van der Waals surface area contributed by atoms with E-state index < -0.39 is 0 Å². The molecular weight excluding hydrogens is 360 g/mol. The van der Waals surface area contributed by atoms with E-state index in [2.05, 4.69) is 21.7 Å². The summed E-state index contributed by atoms with van der Waals surface area (Å²) in [5.74, 6) is 0.809. The number of hydrogen-bond acceptors (Lipinski definition) is 5. The van der Waals surface area contributed by atoms with E-state index in [4.69, 9.17) is 4.84 Å². The van der Waals surface area contributed by atoms with Crippen LogP contribution >= 0.6 is 11.8 Å². The summed E-state index contributed by atoms with van der Waals surface area (Å²) in [6, 6.07) is 17.8. The first-order valence-electron chi connectivity index (χ1n) is 8.75. The summed E-state index contributed by atoms with van der Waals surface area (Å²) in [4.78, 5) is 17.3. The molecule has 0 aliphatic rings. The third-order valence-electron chi connectivity index (χ3n) is 3.91. The van der Waals surface area contributed by atoms with Crippen molar-refractivity contribution in [3.63, 3.8) is 0 Å². The maximum absolute atomic E-state index is 12.0.